The fourth-order valence-electron chi connectivity index (χ4n) is 1.78. The Kier molecular flexibility index (Phi) is 5.98. The first-order chi connectivity index (χ1) is 10.6. The SMILES string of the molecule is CCOc1ccc(NC(=O)CSc2ccc(Cl)cc2)c(N)c1. The van der Waals surface area contributed by atoms with Gasteiger partial charge in [-0.1, -0.05) is 11.6 Å². The molecule has 0 saturated heterocycles. The molecule has 22 heavy (non-hydrogen) atoms. The number of carbonyl (C=O) groups is 1. The summed E-state index contributed by atoms with van der Waals surface area (Å²) in [6.07, 6.45) is 0. The maximum Gasteiger partial charge on any atom is 0.234 e. The highest BCUT2D eigenvalue weighted by Crippen LogP contribution is 2.25. The van der Waals surface area contributed by atoms with Crippen molar-refractivity contribution < 1.29 is 9.53 Å². The predicted molar refractivity (Wildman–Crippen MR) is 92.8 cm³/mol. The molecule has 0 fully saturated rings. The number of nitrogens with one attached hydrogen (secondary N) is 1. The summed E-state index contributed by atoms with van der Waals surface area (Å²) in [7, 11) is 0. The second-order valence-electron chi connectivity index (χ2n) is 4.47. The van der Waals surface area contributed by atoms with Gasteiger partial charge in [0.2, 0.25) is 5.91 Å². The molecule has 0 aromatic heterocycles. The van der Waals surface area contributed by atoms with Gasteiger partial charge in [0, 0.05) is 16.0 Å². The normalized spacial score (nSPS) is 10.3. The molecule has 0 aliphatic heterocycles. The minimum Gasteiger partial charge on any atom is -0.494 e. The molecule has 116 valence electrons. The lowest BCUT2D eigenvalue weighted by atomic mass is 10.2. The van der Waals surface area contributed by atoms with E-state index in [-0.39, 0.29) is 5.91 Å². The Balaban J connectivity index is 1.90. The molecular weight excluding hydrogens is 320 g/mol. The molecule has 0 aliphatic carbocycles. The Bertz CT molecular complexity index is 647. The Morgan fingerprint density at radius 3 is 2.64 bits per heavy atom. The average molecular weight is 337 g/mol. The van der Waals surface area contributed by atoms with Crippen LogP contribution in [0.15, 0.2) is 47.4 Å². The lowest BCUT2D eigenvalue weighted by Gasteiger charge is -2.10. The van der Waals surface area contributed by atoms with Gasteiger partial charge in [0.05, 0.1) is 23.7 Å². The topological polar surface area (TPSA) is 64.3 Å². The molecule has 0 saturated carbocycles. The van der Waals surface area contributed by atoms with Crippen molar-refractivity contribution in [3.63, 3.8) is 0 Å². The second-order valence-corrected chi connectivity index (χ2v) is 5.96. The number of carbonyl (C=O) groups excluding carboxylic acids is 1. The highest BCUT2D eigenvalue weighted by Gasteiger charge is 2.07. The van der Waals surface area contributed by atoms with Crippen molar-refractivity contribution in [3.05, 3.63) is 47.5 Å². The van der Waals surface area contributed by atoms with Crippen LogP contribution >= 0.6 is 23.4 Å². The van der Waals surface area contributed by atoms with Crippen LogP contribution in [0.5, 0.6) is 5.75 Å². The van der Waals surface area contributed by atoms with E-state index in [0.29, 0.717) is 34.5 Å². The zero-order valence-corrected chi connectivity index (χ0v) is 13.7. The molecule has 6 heteroatoms. The van der Waals surface area contributed by atoms with E-state index < -0.39 is 0 Å². The van der Waals surface area contributed by atoms with Gasteiger partial charge in [0.25, 0.3) is 0 Å². The number of thioether (sulfide) groups is 1. The van der Waals surface area contributed by atoms with Gasteiger partial charge in [0.1, 0.15) is 5.75 Å². The molecule has 0 bridgehead atoms. The molecule has 0 aliphatic rings. The van der Waals surface area contributed by atoms with Gasteiger partial charge in [-0.3, -0.25) is 4.79 Å². The standard InChI is InChI=1S/C16H17ClN2O2S/c1-2-21-12-5-8-15(14(18)9-12)19-16(20)10-22-13-6-3-11(17)4-7-13/h3-9H,2,10,18H2,1H3,(H,19,20). The van der Waals surface area contributed by atoms with Gasteiger partial charge in [-0.25, -0.2) is 0 Å². The van der Waals surface area contributed by atoms with Crippen molar-refractivity contribution in [2.24, 2.45) is 0 Å². The molecule has 2 rings (SSSR count). The van der Waals surface area contributed by atoms with Crippen molar-refractivity contribution in [1.29, 1.82) is 0 Å². The van der Waals surface area contributed by atoms with E-state index in [2.05, 4.69) is 5.32 Å². The second kappa shape index (κ2) is 7.96. The number of rotatable bonds is 6. The maximum absolute atomic E-state index is 12.0. The molecule has 2 aromatic carbocycles. The Morgan fingerprint density at radius 1 is 1.27 bits per heavy atom. The quantitative estimate of drug-likeness (QED) is 0.617. The van der Waals surface area contributed by atoms with Crippen LogP contribution in [0.4, 0.5) is 11.4 Å². The average Bonchev–Trinajstić information content (AvgIpc) is 2.50. The monoisotopic (exact) mass is 336 g/mol. The number of hydrogen-bond acceptors (Lipinski definition) is 4. The molecule has 0 heterocycles. The van der Waals surface area contributed by atoms with Crippen LogP contribution in [0.2, 0.25) is 5.02 Å². The zero-order valence-electron chi connectivity index (χ0n) is 12.1. The van der Waals surface area contributed by atoms with Crippen LogP contribution < -0.4 is 15.8 Å². The molecule has 4 nitrogen and oxygen atoms in total. The Morgan fingerprint density at radius 2 is 2.00 bits per heavy atom. The summed E-state index contributed by atoms with van der Waals surface area (Å²) >= 11 is 7.26. The number of nitrogens with two attached hydrogens (primary N) is 1. The minimum atomic E-state index is -0.115. The number of halogens is 1. The first kappa shape index (κ1) is 16.5. The van der Waals surface area contributed by atoms with E-state index in [0.717, 1.165) is 4.90 Å². The molecule has 0 radical (unpaired) electrons. The first-order valence-corrected chi connectivity index (χ1v) is 8.15. The van der Waals surface area contributed by atoms with Crippen LogP contribution in [0, 0.1) is 0 Å². The minimum absolute atomic E-state index is 0.115. The van der Waals surface area contributed by atoms with E-state index in [1.165, 1.54) is 11.8 Å². The van der Waals surface area contributed by atoms with Gasteiger partial charge in [-0.2, -0.15) is 0 Å². The van der Waals surface area contributed by atoms with Gasteiger partial charge in [-0.15, -0.1) is 11.8 Å². The van der Waals surface area contributed by atoms with E-state index in [9.17, 15) is 4.79 Å². The largest absolute Gasteiger partial charge is 0.494 e. The summed E-state index contributed by atoms with van der Waals surface area (Å²) in [6, 6.07) is 12.6. The number of benzene rings is 2. The van der Waals surface area contributed by atoms with E-state index in [4.69, 9.17) is 22.1 Å². The molecular formula is C16H17ClN2O2S. The smallest absolute Gasteiger partial charge is 0.234 e. The summed E-state index contributed by atoms with van der Waals surface area (Å²) in [5.41, 5.74) is 6.98. The summed E-state index contributed by atoms with van der Waals surface area (Å²) in [5, 5.41) is 3.47. The van der Waals surface area contributed by atoms with E-state index in [1.54, 1.807) is 30.3 Å². The summed E-state index contributed by atoms with van der Waals surface area (Å²) < 4.78 is 5.35. The molecule has 3 N–H and O–H groups in total. The van der Waals surface area contributed by atoms with Crippen LogP contribution in [-0.2, 0) is 4.79 Å². The number of nitrogen functional groups attached to an aromatic ring is 1. The van der Waals surface area contributed by atoms with Crippen molar-refractivity contribution in [2.75, 3.05) is 23.4 Å². The Hall–Kier alpha value is -1.85. The highest BCUT2D eigenvalue weighted by atomic mass is 35.5. The number of hydrogen-bond donors (Lipinski definition) is 2. The van der Waals surface area contributed by atoms with Crippen molar-refractivity contribution in [3.8, 4) is 5.75 Å². The fraction of sp³-hybridized carbons (Fsp3) is 0.188. The summed E-state index contributed by atoms with van der Waals surface area (Å²) in [4.78, 5) is 13.0. The van der Waals surface area contributed by atoms with Crippen LogP contribution in [-0.4, -0.2) is 18.3 Å². The number of anilines is 2. The number of ether oxygens (including phenoxy) is 1. The molecule has 0 spiro atoms. The lowest BCUT2D eigenvalue weighted by molar-refractivity contribution is -0.113. The van der Waals surface area contributed by atoms with Gasteiger partial charge >= 0.3 is 0 Å². The maximum atomic E-state index is 12.0. The van der Waals surface area contributed by atoms with Gasteiger partial charge < -0.3 is 15.8 Å². The molecule has 1 amide bonds. The van der Waals surface area contributed by atoms with Crippen LogP contribution in [0.25, 0.3) is 0 Å². The number of amides is 1. The van der Waals surface area contributed by atoms with Crippen molar-refractivity contribution >= 4 is 40.6 Å². The van der Waals surface area contributed by atoms with Crippen molar-refractivity contribution in [2.45, 2.75) is 11.8 Å². The van der Waals surface area contributed by atoms with Gasteiger partial charge in [-0.05, 0) is 43.3 Å². The third-order valence-corrected chi connectivity index (χ3v) is 4.06. The predicted octanol–water partition coefficient (Wildman–Crippen LogP) is 4.05. The molecule has 0 atom stereocenters. The third-order valence-electron chi connectivity index (χ3n) is 2.79. The van der Waals surface area contributed by atoms with E-state index in [1.807, 2.05) is 19.1 Å². The Labute approximate surface area is 139 Å². The van der Waals surface area contributed by atoms with Gasteiger partial charge in [0.15, 0.2) is 0 Å². The first-order valence-electron chi connectivity index (χ1n) is 6.79. The van der Waals surface area contributed by atoms with Crippen LogP contribution in [0.3, 0.4) is 0 Å². The van der Waals surface area contributed by atoms with Crippen LogP contribution in [0.1, 0.15) is 6.92 Å². The van der Waals surface area contributed by atoms with E-state index >= 15 is 0 Å². The lowest BCUT2D eigenvalue weighted by Crippen LogP contribution is -2.15. The highest BCUT2D eigenvalue weighted by molar-refractivity contribution is 8.00. The van der Waals surface area contributed by atoms with Crippen molar-refractivity contribution in [1.82, 2.24) is 0 Å². The summed E-state index contributed by atoms with van der Waals surface area (Å²) in [5.74, 6) is 0.873. The molecule has 2 aromatic rings. The summed E-state index contributed by atoms with van der Waals surface area (Å²) in [6.45, 7) is 2.47. The fourth-order valence-corrected chi connectivity index (χ4v) is 2.60. The third kappa shape index (κ3) is 4.86. The molecule has 0 unspecified atom stereocenters. The zero-order chi connectivity index (χ0) is 15.9.